The van der Waals surface area contributed by atoms with Crippen LogP contribution < -0.4 is 0 Å². The number of unbranched alkanes of at least 4 members (excludes halogenated alkanes) is 8. The molecule has 8 heteroatoms. The molecule has 0 unspecified atom stereocenters. The van der Waals surface area contributed by atoms with Crippen molar-refractivity contribution in [3.8, 4) is 0 Å². The molecule has 0 saturated heterocycles. The van der Waals surface area contributed by atoms with Crippen LogP contribution in [0.15, 0.2) is 4.99 Å². The zero-order chi connectivity index (χ0) is 18.3. The molecule has 0 radical (unpaired) electrons. The van der Waals surface area contributed by atoms with E-state index in [1.807, 2.05) is 0 Å². The zero-order valence-corrected chi connectivity index (χ0v) is 19.0. The predicted octanol–water partition coefficient (Wildman–Crippen LogP) is 2.43. The second kappa shape index (κ2) is 25.4. The fourth-order valence-corrected chi connectivity index (χ4v) is 2.05. The monoisotopic (exact) mass is 574 g/mol. The van der Waals surface area contributed by atoms with Crippen molar-refractivity contribution >= 4 is 6.72 Å². The maximum atomic E-state index is 8.75. The van der Waals surface area contributed by atoms with Gasteiger partial charge in [-0.25, -0.2) is 0 Å². The average molecular weight is 574 g/mol. The van der Waals surface area contributed by atoms with Gasteiger partial charge in [0.2, 0.25) is 0 Å². The van der Waals surface area contributed by atoms with Crippen LogP contribution in [0.1, 0.15) is 57.8 Å². The molecule has 0 heterocycles. The summed E-state index contributed by atoms with van der Waals surface area (Å²) in [4.78, 5) is 3.86. The maximum absolute atomic E-state index is 8.75. The van der Waals surface area contributed by atoms with Gasteiger partial charge in [-0.3, -0.25) is 0 Å². The molecule has 143 valence electrons. The van der Waals surface area contributed by atoms with Crippen molar-refractivity contribution in [2.45, 2.75) is 57.8 Å². The van der Waals surface area contributed by atoms with Crippen LogP contribution >= 0.6 is 0 Å². The third kappa shape index (κ3) is 33.7. The Morgan fingerprint density at radius 3 is 1.62 bits per heavy atom. The topological polar surface area (TPSA) is 105 Å². The molecule has 0 aromatic rings. The summed E-state index contributed by atoms with van der Waals surface area (Å²) in [6.45, 7) is 6.97. The molecule has 0 fully saturated rings. The number of aliphatic hydroxyl groups excluding tert-OH is 1. The quantitative estimate of drug-likeness (QED) is 0.204. The molecule has 0 aliphatic rings. The van der Waals surface area contributed by atoms with E-state index >= 15 is 0 Å². The SMILES string of the molecule is C=NCCCCCCCCCCCOCCOCCO.[O]=[U](=[O])[OH]. The number of hydrogen-bond donors (Lipinski definition) is 2. The Morgan fingerprint density at radius 2 is 1.17 bits per heavy atom. The minimum atomic E-state index is -4.23. The van der Waals surface area contributed by atoms with Gasteiger partial charge in [0.1, 0.15) is 0 Å². The van der Waals surface area contributed by atoms with Gasteiger partial charge in [-0.1, -0.05) is 44.9 Å². The van der Waals surface area contributed by atoms with Crippen LogP contribution in [0.2, 0.25) is 0 Å². The van der Waals surface area contributed by atoms with Gasteiger partial charge in [0, 0.05) is 13.2 Å². The second-order valence-electron chi connectivity index (χ2n) is 5.34. The van der Waals surface area contributed by atoms with E-state index in [0.29, 0.717) is 19.8 Å². The number of hydrogen-bond acceptors (Lipinski definition) is 6. The van der Waals surface area contributed by atoms with Gasteiger partial charge in [-0.2, -0.15) is 0 Å². The van der Waals surface area contributed by atoms with Crippen LogP contribution in [0, 0.1) is 26.6 Å². The number of ether oxygens (including phenoxy) is 2. The number of nitrogens with zero attached hydrogens (tertiary/aromatic N) is 1. The first-order valence-corrected chi connectivity index (χ1v) is 14.0. The van der Waals surface area contributed by atoms with E-state index in [-0.39, 0.29) is 6.61 Å². The molecule has 7 nitrogen and oxygen atoms in total. The standard InChI is InChI=1S/C16H33NO3.H2O.2O.U/c1-17-11-9-7-5-3-2-4-6-8-10-13-19-15-16-20-14-12-18;;;;/h18H,1-16H2;1H2;;;/q;;;;+1/p-1. The Kier molecular flexibility index (Phi) is 27.9. The van der Waals surface area contributed by atoms with Crippen LogP contribution in [-0.4, -0.2) is 54.0 Å². The average Bonchev–Trinajstić information content (AvgIpc) is 2.54. The summed E-state index contributed by atoms with van der Waals surface area (Å²) in [6, 6.07) is 0. The van der Waals surface area contributed by atoms with E-state index in [0.717, 1.165) is 19.6 Å². The molecule has 0 atom stereocenters. The first-order valence-electron chi connectivity index (χ1n) is 8.74. The van der Waals surface area contributed by atoms with E-state index in [9.17, 15) is 0 Å². The first kappa shape index (κ1) is 26.4. The Bertz CT molecular complexity index is 305. The second-order valence-corrected chi connectivity index (χ2v) is 7.56. The molecule has 24 heavy (non-hydrogen) atoms. The molecule has 0 spiro atoms. The predicted molar refractivity (Wildman–Crippen MR) is 88.3 cm³/mol. The van der Waals surface area contributed by atoms with Crippen molar-refractivity contribution in [3.63, 3.8) is 0 Å². The summed E-state index contributed by atoms with van der Waals surface area (Å²) in [5.41, 5.74) is 0. The van der Waals surface area contributed by atoms with Gasteiger partial charge in [0.05, 0.1) is 26.4 Å². The Balaban J connectivity index is 0. The molecular formula is C16H34NO6U. The van der Waals surface area contributed by atoms with Crippen LogP contribution in [0.4, 0.5) is 0 Å². The van der Waals surface area contributed by atoms with Crippen molar-refractivity contribution in [1.82, 2.24) is 0 Å². The first-order chi connectivity index (χ1) is 11.6. The van der Waals surface area contributed by atoms with E-state index in [1.54, 1.807) is 0 Å². The summed E-state index contributed by atoms with van der Waals surface area (Å²) < 4.78 is 35.2. The Morgan fingerprint density at radius 1 is 0.750 bits per heavy atom. The normalized spacial score (nSPS) is 10.1. The van der Waals surface area contributed by atoms with Gasteiger partial charge in [-0.05, 0) is 19.6 Å². The van der Waals surface area contributed by atoms with Gasteiger partial charge in [0.15, 0.2) is 0 Å². The van der Waals surface area contributed by atoms with Crippen molar-refractivity contribution in [2.24, 2.45) is 4.99 Å². The van der Waals surface area contributed by atoms with Gasteiger partial charge in [0.25, 0.3) is 0 Å². The molecule has 0 saturated carbocycles. The molecule has 0 aromatic heterocycles. The molecule has 0 aliphatic carbocycles. The third-order valence-electron chi connectivity index (χ3n) is 3.21. The van der Waals surface area contributed by atoms with Crippen LogP contribution in [-0.2, 0) is 13.9 Å². The summed E-state index contributed by atoms with van der Waals surface area (Å²) in [5, 5.41) is 8.51. The van der Waals surface area contributed by atoms with Crippen LogP contribution in [0.5, 0.6) is 0 Å². The van der Waals surface area contributed by atoms with Gasteiger partial charge in [-0.15, -0.1) is 0 Å². The summed E-state index contributed by atoms with van der Waals surface area (Å²) >= 11 is -4.23. The van der Waals surface area contributed by atoms with Crippen molar-refractivity contribution < 1.29 is 48.3 Å². The number of aliphatic imine (C=N–C) groups is 1. The summed E-state index contributed by atoms with van der Waals surface area (Å²) in [5.74, 6) is 0. The number of rotatable bonds is 17. The molecule has 0 bridgehead atoms. The number of aliphatic hydroxyl groups is 1. The van der Waals surface area contributed by atoms with Crippen molar-refractivity contribution in [2.75, 3.05) is 39.6 Å². The third-order valence-corrected chi connectivity index (χ3v) is 3.21. The zero-order valence-electron chi connectivity index (χ0n) is 14.8. The fourth-order valence-electron chi connectivity index (χ4n) is 2.05. The van der Waals surface area contributed by atoms with Gasteiger partial charge < -0.3 is 19.6 Å². The van der Waals surface area contributed by atoms with Gasteiger partial charge >= 0.3 is 33.7 Å². The summed E-state index contributed by atoms with van der Waals surface area (Å²) in [7, 11) is 0. The minimum absolute atomic E-state index is 0.0884. The molecule has 2 N–H and O–H groups in total. The summed E-state index contributed by atoms with van der Waals surface area (Å²) in [6.07, 6.45) is 11.6. The Hall–Kier alpha value is 0.162. The molecule has 0 aromatic carbocycles. The molecule has 0 amide bonds. The molecule has 0 rings (SSSR count). The van der Waals surface area contributed by atoms with E-state index in [1.165, 1.54) is 51.4 Å². The van der Waals surface area contributed by atoms with Crippen molar-refractivity contribution in [3.05, 3.63) is 0 Å². The van der Waals surface area contributed by atoms with Crippen molar-refractivity contribution in [1.29, 1.82) is 0 Å². The molecular weight excluding hydrogens is 540 g/mol. The van der Waals surface area contributed by atoms with E-state index < -0.39 is 26.6 Å². The molecule has 0 aliphatic heterocycles. The van der Waals surface area contributed by atoms with E-state index in [2.05, 4.69) is 11.7 Å². The Labute approximate surface area is 157 Å². The van der Waals surface area contributed by atoms with E-state index in [4.69, 9.17) is 21.7 Å². The fraction of sp³-hybridized carbons (Fsp3) is 0.938. The van der Waals surface area contributed by atoms with Crippen LogP contribution in [0.25, 0.3) is 0 Å². The van der Waals surface area contributed by atoms with Crippen LogP contribution in [0.3, 0.4) is 0 Å².